The summed E-state index contributed by atoms with van der Waals surface area (Å²) in [7, 11) is 0. The summed E-state index contributed by atoms with van der Waals surface area (Å²) < 4.78 is 1.26. The van der Waals surface area contributed by atoms with E-state index in [0.717, 1.165) is 19.3 Å². The maximum Gasteiger partial charge on any atom is 0.330 e. The van der Waals surface area contributed by atoms with Gasteiger partial charge in [0, 0.05) is 25.2 Å². The van der Waals surface area contributed by atoms with Crippen LogP contribution in [0, 0.1) is 10.1 Å². The normalized spacial score (nSPS) is 11.1. The van der Waals surface area contributed by atoms with Gasteiger partial charge in [0.15, 0.2) is 5.69 Å². The van der Waals surface area contributed by atoms with Crippen LogP contribution in [0.5, 0.6) is 0 Å². The van der Waals surface area contributed by atoms with E-state index >= 15 is 0 Å². The summed E-state index contributed by atoms with van der Waals surface area (Å²) in [5, 5.41) is 11.2. The lowest BCUT2D eigenvalue weighted by atomic mass is 10.1. The number of nitrogen functional groups attached to an aromatic ring is 1. The van der Waals surface area contributed by atoms with Crippen LogP contribution in [-0.4, -0.2) is 26.9 Å². The molecule has 32 heavy (non-hydrogen) atoms. The minimum atomic E-state index is -0.746. The highest BCUT2D eigenvalue weighted by atomic mass is 16.6. The SMILES string of the molecule is CCCCCN(C(=O)/C=C/c1ccccc1[N+](=O)[O-])c1c(N)n(CCCC)c(=O)[nH]c1=O. The van der Waals surface area contributed by atoms with E-state index in [1.807, 2.05) is 13.8 Å². The van der Waals surface area contributed by atoms with E-state index in [-0.39, 0.29) is 29.3 Å². The van der Waals surface area contributed by atoms with Crippen LogP contribution in [0.4, 0.5) is 17.2 Å². The number of H-pyrrole nitrogens is 1. The van der Waals surface area contributed by atoms with Gasteiger partial charge in [0.25, 0.3) is 17.2 Å². The molecular weight excluding hydrogens is 414 g/mol. The first-order valence-electron chi connectivity index (χ1n) is 10.7. The summed E-state index contributed by atoms with van der Waals surface area (Å²) >= 11 is 0. The van der Waals surface area contributed by atoms with Crippen LogP contribution in [0.2, 0.25) is 0 Å². The fraction of sp³-hybridized carbons (Fsp3) is 0.409. The van der Waals surface area contributed by atoms with Crippen molar-refractivity contribution >= 4 is 29.2 Å². The zero-order valence-electron chi connectivity index (χ0n) is 18.4. The highest BCUT2D eigenvalue weighted by Crippen LogP contribution is 2.21. The monoisotopic (exact) mass is 443 g/mol. The largest absolute Gasteiger partial charge is 0.383 e. The Bertz CT molecular complexity index is 1100. The zero-order chi connectivity index (χ0) is 23.7. The number of hydrogen-bond acceptors (Lipinski definition) is 6. The Morgan fingerprint density at radius 2 is 1.88 bits per heavy atom. The molecule has 2 aromatic rings. The number of nitrogens with zero attached hydrogens (tertiary/aromatic N) is 3. The molecule has 0 unspecified atom stereocenters. The Hall–Kier alpha value is -3.69. The smallest absolute Gasteiger partial charge is 0.330 e. The second-order valence-corrected chi connectivity index (χ2v) is 7.34. The molecule has 2 rings (SSSR count). The third-order valence-electron chi connectivity index (χ3n) is 5.01. The average Bonchev–Trinajstić information content (AvgIpc) is 2.76. The summed E-state index contributed by atoms with van der Waals surface area (Å²) in [6.07, 6.45) is 6.35. The van der Waals surface area contributed by atoms with E-state index in [9.17, 15) is 24.5 Å². The maximum absolute atomic E-state index is 13.1. The van der Waals surface area contributed by atoms with Crippen molar-refractivity contribution in [1.82, 2.24) is 9.55 Å². The van der Waals surface area contributed by atoms with E-state index in [4.69, 9.17) is 5.73 Å². The zero-order valence-corrected chi connectivity index (χ0v) is 18.4. The molecule has 0 radical (unpaired) electrons. The first-order valence-corrected chi connectivity index (χ1v) is 10.7. The molecule has 0 fully saturated rings. The average molecular weight is 444 g/mol. The molecule has 0 spiro atoms. The molecule has 0 atom stereocenters. The fourth-order valence-electron chi connectivity index (χ4n) is 3.27. The number of benzene rings is 1. The first-order chi connectivity index (χ1) is 15.3. The van der Waals surface area contributed by atoms with Crippen molar-refractivity contribution in [2.45, 2.75) is 52.5 Å². The van der Waals surface area contributed by atoms with Gasteiger partial charge in [-0.1, -0.05) is 45.2 Å². The van der Waals surface area contributed by atoms with Crippen molar-refractivity contribution in [3.63, 3.8) is 0 Å². The lowest BCUT2D eigenvalue weighted by molar-refractivity contribution is -0.385. The maximum atomic E-state index is 13.1. The van der Waals surface area contributed by atoms with Crippen molar-refractivity contribution in [3.05, 3.63) is 66.9 Å². The van der Waals surface area contributed by atoms with Crippen LogP contribution in [-0.2, 0) is 11.3 Å². The molecule has 0 aliphatic heterocycles. The highest BCUT2D eigenvalue weighted by Gasteiger charge is 2.23. The van der Waals surface area contributed by atoms with Gasteiger partial charge in [-0.2, -0.15) is 0 Å². The minimum Gasteiger partial charge on any atom is -0.383 e. The summed E-state index contributed by atoms with van der Waals surface area (Å²) in [5.41, 5.74) is 4.84. The minimum absolute atomic E-state index is 0.0730. The number of carbonyl (C=O) groups excluding carboxylic acids is 1. The van der Waals surface area contributed by atoms with Gasteiger partial charge >= 0.3 is 5.69 Å². The molecule has 1 heterocycles. The van der Waals surface area contributed by atoms with Crippen molar-refractivity contribution in [2.75, 3.05) is 17.2 Å². The number of rotatable bonds is 11. The fourth-order valence-corrected chi connectivity index (χ4v) is 3.27. The Balaban J connectivity index is 2.49. The quantitative estimate of drug-likeness (QED) is 0.236. The van der Waals surface area contributed by atoms with Crippen LogP contribution in [0.15, 0.2) is 39.9 Å². The molecule has 1 aromatic carbocycles. The number of anilines is 2. The number of carbonyl (C=O) groups is 1. The van der Waals surface area contributed by atoms with Crippen LogP contribution in [0.25, 0.3) is 6.08 Å². The third-order valence-corrected chi connectivity index (χ3v) is 5.01. The Labute approximate surface area is 185 Å². The van der Waals surface area contributed by atoms with Gasteiger partial charge in [0.1, 0.15) is 5.82 Å². The molecule has 0 bridgehead atoms. The Kier molecular flexibility index (Phi) is 8.94. The predicted molar refractivity (Wildman–Crippen MR) is 125 cm³/mol. The molecule has 172 valence electrons. The summed E-state index contributed by atoms with van der Waals surface area (Å²) in [6, 6.07) is 6.03. The number of aromatic nitrogens is 2. The molecule has 0 aliphatic rings. The number of para-hydroxylation sites is 1. The molecule has 0 aliphatic carbocycles. The van der Waals surface area contributed by atoms with Crippen LogP contribution in [0.1, 0.15) is 51.5 Å². The molecular formula is C22H29N5O5. The van der Waals surface area contributed by atoms with E-state index in [1.54, 1.807) is 6.07 Å². The summed E-state index contributed by atoms with van der Waals surface area (Å²) in [5.74, 6) is -0.631. The molecule has 1 amide bonds. The lowest BCUT2D eigenvalue weighted by Crippen LogP contribution is -2.41. The molecule has 0 saturated carbocycles. The first kappa shape index (κ1) is 24.6. The number of nitro benzene ring substituents is 1. The van der Waals surface area contributed by atoms with Crippen LogP contribution in [0.3, 0.4) is 0 Å². The standard InChI is InChI=1S/C22H29N5O5/c1-3-5-9-15-25(18(28)13-12-16-10-7-8-11-17(16)27(31)32)19-20(23)26(14-6-4-2)22(30)24-21(19)29/h7-8,10-13H,3-6,9,14-15,23H2,1-2H3,(H,24,29,30)/b13-12+. The lowest BCUT2D eigenvalue weighted by Gasteiger charge is -2.23. The van der Waals surface area contributed by atoms with Gasteiger partial charge in [0.2, 0.25) is 0 Å². The summed E-state index contributed by atoms with van der Waals surface area (Å²) in [4.78, 5) is 52.1. The van der Waals surface area contributed by atoms with E-state index in [0.29, 0.717) is 19.4 Å². The number of nitrogens with one attached hydrogen (secondary N) is 1. The van der Waals surface area contributed by atoms with E-state index in [1.165, 1.54) is 39.8 Å². The van der Waals surface area contributed by atoms with Crippen molar-refractivity contribution in [3.8, 4) is 0 Å². The third kappa shape index (κ3) is 5.93. The Morgan fingerprint density at radius 3 is 2.53 bits per heavy atom. The number of aromatic amines is 1. The van der Waals surface area contributed by atoms with E-state index in [2.05, 4.69) is 4.98 Å². The van der Waals surface area contributed by atoms with Gasteiger partial charge in [-0.15, -0.1) is 0 Å². The number of amides is 1. The molecule has 1 aromatic heterocycles. The number of hydrogen-bond donors (Lipinski definition) is 2. The number of unbranched alkanes of at least 4 members (excludes halogenated alkanes) is 3. The van der Waals surface area contributed by atoms with Gasteiger partial charge in [-0.3, -0.25) is 29.3 Å². The predicted octanol–water partition coefficient (Wildman–Crippen LogP) is 3.06. The molecule has 3 N–H and O–H groups in total. The van der Waals surface area contributed by atoms with Crippen molar-refractivity contribution < 1.29 is 9.72 Å². The van der Waals surface area contributed by atoms with Gasteiger partial charge in [0.05, 0.1) is 10.5 Å². The summed E-state index contributed by atoms with van der Waals surface area (Å²) in [6.45, 7) is 4.50. The second-order valence-electron chi connectivity index (χ2n) is 7.34. The molecule has 10 heteroatoms. The number of nitrogens with two attached hydrogens (primary N) is 1. The van der Waals surface area contributed by atoms with Crippen molar-refractivity contribution in [2.24, 2.45) is 0 Å². The van der Waals surface area contributed by atoms with E-state index < -0.39 is 22.1 Å². The van der Waals surface area contributed by atoms with Gasteiger partial charge in [-0.25, -0.2) is 4.79 Å². The van der Waals surface area contributed by atoms with Crippen LogP contribution < -0.4 is 21.9 Å². The second kappa shape index (κ2) is 11.6. The molecule has 0 saturated heterocycles. The van der Waals surface area contributed by atoms with Gasteiger partial charge < -0.3 is 10.6 Å². The Morgan fingerprint density at radius 1 is 1.19 bits per heavy atom. The van der Waals surface area contributed by atoms with Gasteiger partial charge in [-0.05, 0) is 25.0 Å². The van der Waals surface area contributed by atoms with Crippen molar-refractivity contribution in [1.29, 1.82) is 0 Å². The molecule has 10 nitrogen and oxygen atoms in total. The number of nitro groups is 1. The van der Waals surface area contributed by atoms with Crippen LogP contribution >= 0.6 is 0 Å². The topological polar surface area (TPSA) is 144 Å². The highest BCUT2D eigenvalue weighted by molar-refractivity contribution is 6.05.